The van der Waals surface area contributed by atoms with Crippen LogP contribution in [0.25, 0.3) is 6.08 Å². The molecule has 0 bridgehead atoms. The Morgan fingerprint density at radius 1 is 1.12 bits per heavy atom. The minimum Gasteiger partial charge on any atom is -0.497 e. The highest BCUT2D eigenvalue weighted by atomic mass is 35.5. The average molecular weight is 361 g/mol. The van der Waals surface area contributed by atoms with E-state index < -0.39 is 0 Å². The molecule has 0 radical (unpaired) electrons. The molecule has 3 rings (SSSR count). The monoisotopic (exact) mass is 360 g/mol. The molecule has 1 aliphatic heterocycles. The van der Waals surface area contributed by atoms with Gasteiger partial charge < -0.3 is 4.74 Å². The van der Waals surface area contributed by atoms with Crippen LogP contribution in [0.1, 0.15) is 12.5 Å². The van der Waals surface area contributed by atoms with Gasteiger partial charge in [0, 0.05) is 5.02 Å². The third-order valence-corrected chi connectivity index (χ3v) is 4.18. The summed E-state index contributed by atoms with van der Waals surface area (Å²) < 4.78 is 5.13. The van der Waals surface area contributed by atoms with Gasteiger partial charge in [-0.3, -0.25) is 4.79 Å². The number of hydrogen-bond donors (Lipinski definition) is 0. The lowest BCUT2D eigenvalue weighted by atomic mass is 10.1. The first kappa shape index (κ1) is 16.6. The molecule has 0 aromatic heterocycles. The summed E-state index contributed by atoms with van der Waals surface area (Å²) in [5.41, 5.74) is 2.47. The molecule has 1 aliphatic rings. The van der Waals surface area contributed by atoms with Crippen molar-refractivity contribution in [1.82, 2.24) is 0 Å². The molecule has 0 spiro atoms. The second kappa shape index (κ2) is 6.67. The lowest BCUT2D eigenvalue weighted by Crippen LogP contribution is -2.21. The Labute approximate surface area is 149 Å². The maximum atomic E-state index is 12.7. The summed E-state index contributed by atoms with van der Waals surface area (Å²) >= 11 is 12.2. The topological polar surface area (TPSA) is 41.9 Å². The van der Waals surface area contributed by atoms with Crippen molar-refractivity contribution in [1.29, 1.82) is 0 Å². The number of nitrogens with zero attached hydrogens (tertiary/aromatic N) is 2. The molecule has 2 aromatic carbocycles. The summed E-state index contributed by atoms with van der Waals surface area (Å²) in [6, 6.07) is 12.4. The summed E-state index contributed by atoms with van der Waals surface area (Å²) in [6.07, 6.45) is 1.79. The van der Waals surface area contributed by atoms with Crippen molar-refractivity contribution in [3.63, 3.8) is 0 Å². The molecule has 4 nitrogen and oxygen atoms in total. The summed E-state index contributed by atoms with van der Waals surface area (Å²) in [4.78, 5) is 12.7. The van der Waals surface area contributed by atoms with E-state index in [2.05, 4.69) is 5.10 Å². The van der Waals surface area contributed by atoms with Crippen LogP contribution in [0.15, 0.2) is 53.1 Å². The number of anilines is 1. The molecular weight excluding hydrogens is 347 g/mol. The lowest BCUT2D eigenvalue weighted by molar-refractivity contribution is -0.114. The van der Waals surface area contributed by atoms with E-state index in [0.717, 1.165) is 11.3 Å². The zero-order valence-corrected chi connectivity index (χ0v) is 14.6. The normalized spacial score (nSPS) is 15.8. The van der Waals surface area contributed by atoms with Crippen LogP contribution < -0.4 is 9.75 Å². The van der Waals surface area contributed by atoms with Gasteiger partial charge in [-0.2, -0.15) is 10.1 Å². The molecular formula is C18H14Cl2N2O2. The van der Waals surface area contributed by atoms with Crippen LogP contribution in [0, 0.1) is 0 Å². The van der Waals surface area contributed by atoms with Gasteiger partial charge in [0.25, 0.3) is 5.91 Å². The van der Waals surface area contributed by atoms with E-state index in [1.165, 1.54) is 5.01 Å². The smallest absolute Gasteiger partial charge is 0.280 e. The summed E-state index contributed by atoms with van der Waals surface area (Å²) in [7, 11) is 1.61. The van der Waals surface area contributed by atoms with Crippen LogP contribution in [0.2, 0.25) is 10.0 Å². The van der Waals surface area contributed by atoms with Crippen molar-refractivity contribution < 1.29 is 9.53 Å². The molecule has 1 amide bonds. The molecule has 122 valence electrons. The van der Waals surface area contributed by atoms with Crippen LogP contribution >= 0.6 is 23.2 Å². The first-order valence-corrected chi connectivity index (χ1v) is 7.96. The fraction of sp³-hybridized carbons (Fsp3) is 0.111. The number of carbonyl (C=O) groups is 1. The number of amides is 1. The number of ether oxygens (including phenoxy) is 1. The molecule has 2 aromatic rings. The van der Waals surface area contributed by atoms with Gasteiger partial charge in [0.05, 0.1) is 29.1 Å². The molecule has 6 heteroatoms. The molecule has 0 saturated heterocycles. The summed E-state index contributed by atoms with van der Waals surface area (Å²) in [5.74, 6) is 0.514. The number of benzene rings is 2. The van der Waals surface area contributed by atoms with Gasteiger partial charge in [-0.25, -0.2) is 0 Å². The minimum absolute atomic E-state index is 0.243. The Hall–Kier alpha value is -2.30. The minimum atomic E-state index is -0.243. The first-order chi connectivity index (χ1) is 11.5. The Bertz CT molecular complexity index is 858. The van der Waals surface area contributed by atoms with E-state index in [9.17, 15) is 4.79 Å². The average Bonchev–Trinajstić information content (AvgIpc) is 2.86. The van der Waals surface area contributed by atoms with Gasteiger partial charge in [0.1, 0.15) is 5.75 Å². The molecule has 0 N–H and O–H groups in total. The number of halogens is 2. The molecule has 0 fully saturated rings. The van der Waals surface area contributed by atoms with Crippen LogP contribution in [-0.4, -0.2) is 18.7 Å². The number of rotatable bonds is 3. The Kier molecular flexibility index (Phi) is 4.60. The van der Waals surface area contributed by atoms with E-state index in [1.807, 2.05) is 24.3 Å². The second-order valence-corrected chi connectivity index (χ2v) is 6.07. The molecule has 0 atom stereocenters. The molecule has 24 heavy (non-hydrogen) atoms. The van der Waals surface area contributed by atoms with Gasteiger partial charge in [-0.15, -0.1) is 0 Å². The maximum absolute atomic E-state index is 12.7. The Balaban J connectivity index is 1.95. The fourth-order valence-corrected chi connectivity index (χ4v) is 2.73. The second-order valence-electron chi connectivity index (χ2n) is 5.23. The van der Waals surface area contributed by atoms with Gasteiger partial charge in [-0.05, 0) is 48.9 Å². The van der Waals surface area contributed by atoms with Gasteiger partial charge in [-0.1, -0.05) is 35.3 Å². The van der Waals surface area contributed by atoms with Crippen molar-refractivity contribution in [2.45, 2.75) is 6.92 Å². The highest BCUT2D eigenvalue weighted by molar-refractivity contribution is 6.38. The first-order valence-electron chi connectivity index (χ1n) is 7.20. The van der Waals surface area contributed by atoms with Crippen molar-refractivity contribution in [2.75, 3.05) is 12.1 Å². The van der Waals surface area contributed by atoms with Crippen molar-refractivity contribution in [3.05, 3.63) is 63.6 Å². The molecule has 0 saturated carbocycles. The predicted molar refractivity (Wildman–Crippen MR) is 98.0 cm³/mol. The van der Waals surface area contributed by atoms with Crippen molar-refractivity contribution >= 4 is 46.6 Å². The van der Waals surface area contributed by atoms with E-state index in [4.69, 9.17) is 27.9 Å². The maximum Gasteiger partial charge on any atom is 0.280 e. The Morgan fingerprint density at radius 3 is 2.50 bits per heavy atom. The van der Waals surface area contributed by atoms with Gasteiger partial charge >= 0.3 is 0 Å². The number of hydrogen-bond acceptors (Lipinski definition) is 3. The van der Waals surface area contributed by atoms with Crippen LogP contribution in [0.3, 0.4) is 0 Å². The number of hydrazone groups is 1. The lowest BCUT2D eigenvalue weighted by Gasteiger charge is -2.13. The van der Waals surface area contributed by atoms with E-state index in [1.54, 1.807) is 38.3 Å². The van der Waals surface area contributed by atoms with E-state index in [0.29, 0.717) is 27.0 Å². The molecule has 0 aliphatic carbocycles. The van der Waals surface area contributed by atoms with Gasteiger partial charge in [0.2, 0.25) is 0 Å². The fourth-order valence-electron chi connectivity index (χ4n) is 2.36. The summed E-state index contributed by atoms with van der Waals surface area (Å²) in [6.45, 7) is 1.78. The standard InChI is InChI=1S/C18H14Cl2N2O2/c1-11-15(9-12-3-6-14(24-2)7-4-12)18(23)22(21-11)17-10-13(19)5-8-16(17)20/h3-10H,1-2H3. The number of methoxy groups -OCH3 is 1. The number of carbonyl (C=O) groups excluding carboxylic acids is 1. The van der Waals surface area contributed by atoms with E-state index in [-0.39, 0.29) is 5.91 Å². The Morgan fingerprint density at radius 2 is 1.83 bits per heavy atom. The van der Waals surface area contributed by atoms with Crippen LogP contribution in [0.5, 0.6) is 5.75 Å². The van der Waals surface area contributed by atoms with Crippen molar-refractivity contribution in [2.24, 2.45) is 5.10 Å². The highest BCUT2D eigenvalue weighted by Crippen LogP contribution is 2.33. The molecule has 0 unspecified atom stereocenters. The highest BCUT2D eigenvalue weighted by Gasteiger charge is 2.30. The zero-order chi connectivity index (χ0) is 17.3. The molecule has 1 heterocycles. The largest absolute Gasteiger partial charge is 0.497 e. The third kappa shape index (κ3) is 3.16. The summed E-state index contributed by atoms with van der Waals surface area (Å²) in [5, 5.41) is 6.49. The van der Waals surface area contributed by atoms with Gasteiger partial charge in [0.15, 0.2) is 0 Å². The SMILES string of the molecule is COc1ccc(C=C2C(=O)N(c3cc(Cl)ccc3Cl)N=C2C)cc1. The van der Waals surface area contributed by atoms with E-state index >= 15 is 0 Å². The van der Waals surface area contributed by atoms with Crippen LogP contribution in [0.4, 0.5) is 5.69 Å². The quantitative estimate of drug-likeness (QED) is 0.737. The van der Waals surface area contributed by atoms with Crippen molar-refractivity contribution in [3.8, 4) is 5.75 Å². The third-order valence-electron chi connectivity index (χ3n) is 3.63. The predicted octanol–water partition coefficient (Wildman–Crippen LogP) is 4.81. The zero-order valence-electron chi connectivity index (χ0n) is 13.1. The van der Waals surface area contributed by atoms with Crippen LogP contribution in [-0.2, 0) is 4.79 Å².